The Hall–Kier alpha value is -1.82. The molecule has 0 radical (unpaired) electrons. The van der Waals surface area contributed by atoms with Crippen LogP contribution in [0.15, 0.2) is 109 Å². The molecule has 162 valence electrons. The third kappa shape index (κ3) is 3.63. The minimum atomic E-state index is 0.297. The van der Waals surface area contributed by atoms with Gasteiger partial charge in [0, 0.05) is 0 Å². The van der Waals surface area contributed by atoms with Crippen molar-refractivity contribution in [3.63, 3.8) is 0 Å². The first-order chi connectivity index (χ1) is 16.9. The van der Waals surface area contributed by atoms with Gasteiger partial charge in [0.15, 0.2) is 0 Å². The van der Waals surface area contributed by atoms with Gasteiger partial charge < -0.3 is 0 Å². The van der Waals surface area contributed by atoms with Gasteiger partial charge in [0.2, 0.25) is 0 Å². The molecule has 2 heterocycles. The summed E-state index contributed by atoms with van der Waals surface area (Å²) in [5, 5.41) is 6.20. The van der Waals surface area contributed by atoms with E-state index in [4.69, 9.17) is 0 Å². The summed E-state index contributed by atoms with van der Waals surface area (Å²) in [6.07, 6.45) is 0. The van der Waals surface area contributed by atoms with E-state index in [1.165, 1.54) is 19.7 Å². The Morgan fingerprint density at radius 1 is 0.412 bits per heavy atom. The molecule has 0 atom stereocenters. The van der Waals surface area contributed by atoms with Crippen molar-refractivity contribution in [2.75, 3.05) is 0 Å². The number of hydrogen-bond donors (Lipinski definition) is 0. The van der Waals surface area contributed by atoms with Crippen LogP contribution in [0.3, 0.4) is 0 Å². The van der Waals surface area contributed by atoms with Crippen LogP contribution in [0.2, 0.25) is 0 Å². The molecule has 0 aliphatic heterocycles. The molecule has 5 aromatic carbocycles. The van der Waals surface area contributed by atoms with Crippen LogP contribution in [0.5, 0.6) is 0 Å². The Labute approximate surface area is 222 Å². The fourth-order valence-corrected chi connectivity index (χ4v) is 16.2. The van der Waals surface area contributed by atoms with Crippen molar-refractivity contribution in [1.82, 2.24) is 0 Å². The van der Waals surface area contributed by atoms with Gasteiger partial charge in [0.25, 0.3) is 0 Å². The van der Waals surface area contributed by atoms with E-state index in [1.807, 2.05) is 0 Å². The van der Waals surface area contributed by atoms with Crippen molar-refractivity contribution >= 4 is 115 Å². The standard InChI is InChI=1S/C30H18Se4/c1-3-11-19(12-4-1)31-27-25-21-15-7-9-17-23(21)34-30(25)28(32-20-13-5-2-6-14-20)26-22-16-8-10-18-24(22)33-29(26)27/h1-18H. The summed E-state index contributed by atoms with van der Waals surface area (Å²) in [7, 11) is 0. The molecule has 0 saturated heterocycles. The van der Waals surface area contributed by atoms with Gasteiger partial charge in [-0.15, -0.1) is 0 Å². The Kier molecular flexibility index (Phi) is 5.68. The normalized spacial score (nSPS) is 11.8. The molecule has 7 rings (SSSR count). The number of rotatable bonds is 4. The van der Waals surface area contributed by atoms with Gasteiger partial charge in [-0.25, -0.2) is 0 Å². The first-order valence-electron chi connectivity index (χ1n) is 11.1. The van der Waals surface area contributed by atoms with E-state index >= 15 is 0 Å². The molecule has 0 spiro atoms. The molecule has 7 aromatic rings. The van der Waals surface area contributed by atoms with Crippen LogP contribution >= 0.6 is 0 Å². The van der Waals surface area contributed by atoms with Crippen LogP contribution in [0.1, 0.15) is 0 Å². The number of hydrogen-bond acceptors (Lipinski definition) is 0. The van der Waals surface area contributed by atoms with E-state index < -0.39 is 0 Å². The zero-order valence-corrected chi connectivity index (χ0v) is 24.9. The van der Waals surface area contributed by atoms with Gasteiger partial charge in [0.05, 0.1) is 0 Å². The fourth-order valence-electron chi connectivity index (χ4n) is 4.50. The maximum atomic E-state index is 2.38. The van der Waals surface area contributed by atoms with Crippen molar-refractivity contribution in [3.05, 3.63) is 109 Å². The van der Waals surface area contributed by atoms with Crippen LogP contribution in [0.4, 0.5) is 0 Å². The second kappa shape index (κ2) is 9.00. The number of benzene rings is 5. The predicted octanol–water partition coefficient (Wildman–Crippen LogP) is 3.72. The zero-order valence-electron chi connectivity index (χ0n) is 18.0. The monoisotopic (exact) mass is 698 g/mol. The topological polar surface area (TPSA) is 0 Å². The second-order valence-corrected chi connectivity index (χ2v) is 17.1. The van der Waals surface area contributed by atoms with Gasteiger partial charge in [-0.1, -0.05) is 0 Å². The third-order valence-corrected chi connectivity index (χ3v) is 17.0. The Morgan fingerprint density at radius 2 is 0.794 bits per heavy atom. The fraction of sp³-hybridized carbons (Fsp3) is 0. The summed E-state index contributed by atoms with van der Waals surface area (Å²) in [5.41, 5.74) is 0. The molecular formula is C30H18Se4. The third-order valence-electron chi connectivity index (χ3n) is 5.98. The summed E-state index contributed by atoms with van der Waals surface area (Å²) in [6, 6.07) is 40.8. The number of fused-ring (bicyclic) bond motifs is 6. The molecule has 0 aliphatic carbocycles. The minimum absolute atomic E-state index is 0.297. The van der Waals surface area contributed by atoms with Crippen LogP contribution in [0.25, 0.3) is 38.6 Å². The summed E-state index contributed by atoms with van der Waals surface area (Å²) < 4.78 is 12.7. The van der Waals surface area contributed by atoms with Crippen molar-refractivity contribution in [2.24, 2.45) is 0 Å². The summed E-state index contributed by atoms with van der Waals surface area (Å²) in [6.45, 7) is 0. The summed E-state index contributed by atoms with van der Waals surface area (Å²) >= 11 is 1.31. The molecule has 2 aromatic heterocycles. The first-order valence-corrected chi connectivity index (χ1v) is 18.0. The van der Waals surface area contributed by atoms with E-state index in [0.717, 1.165) is 0 Å². The molecule has 0 unspecified atom stereocenters. The molecule has 0 fully saturated rings. The van der Waals surface area contributed by atoms with Crippen LogP contribution < -0.4 is 17.8 Å². The van der Waals surface area contributed by atoms with Crippen molar-refractivity contribution in [2.45, 2.75) is 0 Å². The molecular weight excluding hydrogens is 676 g/mol. The Morgan fingerprint density at radius 3 is 1.24 bits per heavy atom. The van der Waals surface area contributed by atoms with Gasteiger partial charge in [0.1, 0.15) is 0 Å². The average Bonchev–Trinajstić information content (AvgIpc) is 3.47. The molecule has 34 heavy (non-hydrogen) atoms. The Bertz CT molecular complexity index is 1660. The van der Waals surface area contributed by atoms with E-state index in [-0.39, 0.29) is 0 Å². The van der Waals surface area contributed by atoms with Crippen molar-refractivity contribution in [1.29, 1.82) is 0 Å². The van der Waals surface area contributed by atoms with Gasteiger partial charge in [-0.3, -0.25) is 0 Å². The summed E-state index contributed by atoms with van der Waals surface area (Å²) in [4.78, 5) is 0. The first kappa shape index (κ1) is 21.5. The second-order valence-electron chi connectivity index (χ2n) is 8.09. The van der Waals surface area contributed by atoms with Crippen LogP contribution in [0, 0.1) is 0 Å². The molecule has 0 bridgehead atoms. The molecule has 0 aliphatic rings. The van der Waals surface area contributed by atoms with E-state index in [1.54, 1.807) is 36.7 Å². The van der Waals surface area contributed by atoms with Crippen molar-refractivity contribution < 1.29 is 0 Å². The molecule has 0 saturated carbocycles. The van der Waals surface area contributed by atoms with Gasteiger partial charge in [-0.2, -0.15) is 0 Å². The van der Waals surface area contributed by atoms with Crippen LogP contribution in [-0.4, -0.2) is 58.9 Å². The molecule has 0 nitrogen and oxygen atoms in total. The van der Waals surface area contributed by atoms with Gasteiger partial charge >= 0.3 is 225 Å². The molecule has 4 heteroatoms. The van der Waals surface area contributed by atoms with Crippen molar-refractivity contribution in [3.8, 4) is 0 Å². The van der Waals surface area contributed by atoms with E-state index in [0.29, 0.717) is 58.9 Å². The van der Waals surface area contributed by atoms with Crippen LogP contribution in [-0.2, 0) is 0 Å². The Balaban J connectivity index is 1.65. The quantitative estimate of drug-likeness (QED) is 0.247. The SMILES string of the molecule is c1ccc([Se]c2c3[se]c4ccccc4c3c([Se]c3ccccc3)c3[se]c4ccccc4c23)cc1. The van der Waals surface area contributed by atoms with E-state index in [2.05, 4.69) is 109 Å². The van der Waals surface area contributed by atoms with E-state index in [9.17, 15) is 0 Å². The molecule has 0 amide bonds. The summed E-state index contributed by atoms with van der Waals surface area (Å²) in [5.74, 6) is 0. The maximum absolute atomic E-state index is 2.38. The van der Waals surface area contributed by atoms with Gasteiger partial charge in [-0.05, 0) is 0 Å². The molecule has 0 N–H and O–H groups in total. The zero-order chi connectivity index (χ0) is 22.5. The average molecular weight is 694 g/mol. The predicted molar refractivity (Wildman–Crippen MR) is 153 cm³/mol.